The minimum Gasteiger partial charge on any atom is -0.366 e. The summed E-state index contributed by atoms with van der Waals surface area (Å²) in [5.74, 6) is -0.660. The summed E-state index contributed by atoms with van der Waals surface area (Å²) >= 11 is 3.19. The SMILES string of the molecule is CCN1CCN(c2c(C(N)=O)cc(Br)cc2[N+](=O)[O-])CC1. The fourth-order valence-corrected chi connectivity index (χ4v) is 2.98. The molecule has 0 unspecified atom stereocenters. The van der Waals surface area contributed by atoms with Crippen molar-refractivity contribution in [2.75, 3.05) is 37.6 Å². The Morgan fingerprint density at radius 2 is 2.00 bits per heavy atom. The summed E-state index contributed by atoms with van der Waals surface area (Å²) in [5, 5.41) is 11.3. The number of primary amides is 1. The summed E-state index contributed by atoms with van der Waals surface area (Å²) in [6.07, 6.45) is 0. The molecule has 8 heteroatoms. The number of nitrogens with two attached hydrogens (primary N) is 1. The monoisotopic (exact) mass is 356 g/mol. The third-order valence-corrected chi connectivity index (χ3v) is 4.11. The van der Waals surface area contributed by atoms with Crippen LogP contribution in [0.2, 0.25) is 0 Å². The number of hydrogen-bond donors (Lipinski definition) is 1. The Bertz CT molecular complexity index is 536. The minimum absolute atomic E-state index is 0.0943. The van der Waals surface area contributed by atoms with Gasteiger partial charge in [-0.3, -0.25) is 14.9 Å². The number of nitro groups is 1. The molecule has 1 amide bonds. The average Bonchev–Trinajstić information content (AvgIpc) is 2.46. The molecule has 2 rings (SSSR count). The van der Waals surface area contributed by atoms with E-state index in [9.17, 15) is 14.9 Å². The van der Waals surface area contributed by atoms with Gasteiger partial charge < -0.3 is 15.5 Å². The van der Waals surface area contributed by atoms with Crippen LogP contribution in [0.1, 0.15) is 17.3 Å². The lowest BCUT2D eigenvalue weighted by atomic mass is 10.1. The number of anilines is 1. The minimum atomic E-state index is -0.660. The van der Waals surface area contributed by atoms with Gasteiger partial charge in [-0.1, -0.05) is 22.9 Å². The van der Waals surface area contributed by atoms with Gasteiger partial charge in [-0.15, -0.1) is 0 Å². The zero-order valence-corrected chi connectivity index (χ0v) is 13.3. The van der Waals surface area contributed by atoms with Crippen molar-refractivity contribution in [3.63, 3.8) is 0 Å². The molecule has 21 heavy (non-hydrogen) atoms. The van der Waals surface area contributed by atoms with Gasteiger partial charge in [-0.05, 0) is 12.6 Å². The number of nitro benzene ring substituents is 1. The van der Waals surface area contributed by atoms with Crippen LogP contribution in [0.15, 0.2) is 16.6 Å². The number of likely N-dealkylation sites (N-methyl/N-ethyl adjacent to an activating group) is 1. The lowest BCUT2D eigenvalue weighted by Crippen LogP contribution is -2.46. The van der Waals surface area contributed by atoms with Crippen LogP contribution in [0.5, 0.6) is 0 Å². The number of halogens is 1. The number of hydrogen-bond acceptors (Lipinski definition) is 5. The van der Waals surface area contributed by atoms with E-state index in [1.54, 1.807) is 0 Å². The van der Waals surface area contributed by atoms with Gasteiger partial charge in [0.05, 0.1) is 10.5 Å². The van der Waals surface area contributed by atoms with E-state index >= 15 is 0 Å². The molecule has 1 aromatic carbocycles. The number of amides is 1. The van der Waals surface area contributed by atoms with Gasteiger partial charge in [-0.2, -0.15) is 0 Å². The molecule has 0 saturated carbocycles. The number of piperazine rings is 1. The van der Waals surface area contributed by atoms with Crippen molar-refractivity contribution >= 4 is 33.2 Å². The molecule has 0 atom stereocenters. The van der Waals surface area contributed by atoms with E-state index in [1.165, 1.54) is 12.1 Å². The van der Waals surface area contributed by atoms with Gasteiger partial charge in [0.25, 0.3) is 11.6 Å². The smallest absolute Gasteiger partial charge is 0.294 e. The highest BCUT2D eigenvalue weighted by molar-refractivity contribution is 9.10. The Balaban J connectivity index is 2.45. The normalized spacial score (nSPS) is 16.0. The molecule has 1 aliphatic rings. The van der Waals surface area contributed by atoms with Gasteiger partial charge in [0, 0.05) is 36.7 Å². The van der Waals surface area contributed by atoms with Crippen LogP contribution in [0.3, 0.4) is 0 Å². The number of nitrogens with zero attached hydrogens (tertiary/aromatic N) is 3. The molecule has 114 valence electrons. The van der Waals surface area contributed by atoms with Crippen molar-refractivity contribution in [2.45, 2.75) is 6.92 Å². The lowest BCUT2D eigenvalue weighted by Gasteiger charge is -2.35. The first-order chi connectivity index (χ1) is 9.93. The first-order valence-electron chi connectivity index (χ1n) is 6.69. The summed E-state index contributed by atoms with van der Waals surface area (Å²) in [7, 11) is 0. The molecule has 0 radical (unpaired) electrons. The van der Waals surface area contributed by atoms with Gasteiger partial charge >= 0.3 is 0 Å². The van der Waals surface area contributed by atoms with Crippen LogP contribution < -0.4 is 10.6 Å². The highest BCUT2D eigenvalue weighted by Gasteiger charge is 2.28. The molecule has 0 aliphatic carbocycles. The zero-order valence-electron chi connectivity index (χ0n) is 11.7. The highest BCUT2D eigenvalue weighted by atomic mass is 79.9. The van der Waals surface area contributed by atoms with E-state index in [1.807, 2.05) is 4.90 Å². The topological polar surface area (TPSA) is 92.7 Å². The van der Waals surface area contributed by atoms with Gasteiger partial charge in [0.1, 0.15) is 5.69 Å². The third kappa shape index (κ3) is 3.33. The van der Waals surface area contributed by atoms with Crippen LogP contribution >= 0.6 is 15.9 Å². The lowest BCUT2D eigenvalue weighted by molar-refractivity contribution is -0.384. The number of carbonyl (C=O) groups is 1. The standard InChI is InChI=1S/C13H17BrN4O3/c1-2-16-3-5-17(6-4-16)12-10(13(15)19)7-9(14)8-11(12)18(20)21/h7-8H,2-6H2,1H3,(H2,15,19). The molecular formula is C13H17BrN4O3. The second kappa shape index (κ2) is 6.40. The Kier molecular flexibility index (Phi) is 4.79. The van der Waals surface area contributed by atoms with Crippen molar-refractivity contribution in [3.8, 4) is 0 Å². The predicted octanol–water partition coefficient (Wildman–Crippen LogP) is 1.60. The van der Waals surface area contributed by atoms with Crippen molar-refractivity contribution in [1.82, 2.24) is 4.90 Å². The first kappa shape index (κ1) is 15.7. The van der Waals surface area contributed by atoms with E-state index in [0.29, 0.717) is 23.2 Å². The average molecular weight is 357 g/mol. The fourth-order valence-electron chi connectivity index (χ4n) is 2.53. The summed E-state index contributed by atoms with van der Waals surface area (Å²) in [6, 6.07) is 2.95. The second-order valence-corrected chi connectivity index (χ2v) is 5.78. The van der Waals surface area contributed by atoms with Crippen molar-refractivity contribution in [1.29, 1.82) is 0 Å². The molecule has 1 heterocycles. The second-order valence-electron chi connectivity index (χ2n) is 4.86. The number of rotatable bonds is 4. The van der Waals surface area contributed by atoms with E-state index in [2.05, 4.69) is 27.8 Å². The van der Waals surface area contributed by atoms with Crippen LogP contribution in [0.4, 0.5) is 11.4 Å². The quantitative estimate of drug-likeness (QED) is 0.653. The largest absolute Gasteiger partial charge is 0.366 e. The summed E-state index contributed by atoms with van der Waals surface area (Å²) in [4.78, 5) is 26.6. The van der Waals surface area contributed by atoms with E-state index in [0.717, 1.165) is 19.6 Å². The molecule has 0 spiro atoms. The van der Waals surface area contributed by atoms with Crippen LogP contribution in [0.25, 0.3) is 0 Å². The van der Waals surface area contributed by atoms with E-state index in [4.69, 9.17) is 5.73 Å². The molecule has 1 fully saturated rings. The summed E-state index contributed by atoms with van der Waals surface area (Å²) in [6.45, 7) is 5.91. The molecule has 1 aromatic rings. The molecule has 1 aliphatic heterocycles. The van der Waals surface area contributed by atoms with Crippen molar-refractivity contribution < 1.29 is 9.72 Å². The maximum atomic E-state index is 11.7. The molecule has 1 saturated heterocycles. The van der Waals surface area contributed by atoms with Crippen LogP contribution in [-0.4, -0.2) is 48.5 Å². The summed E-state index contributed by atoms with van der Waals surface area (Å²) in [5.41, 5.74) is 5.81. The Morgan fingerprint density at radius 1 is 1.38 bits per heavy atom. The van der Waals surface area contributed by atoms with Crippen LogP contribution in [0, 0.1) is 10.1 Å². The van der Waals surface area contributed by atoms with E-state index < -0.39 is 10.8 Å². The molecule has 0 aromatic heterocycles. The maximum Gasteiger partial charge on any atom is 0.294 e. The van der Waals surface area contributed by atoms with Crippen molar-refractivity contribution in [2.24, 2.45) is 5.73 Å². The summed E-state index contributed by atoms with van der Waals surface area (Å²) < 4.78 is 0.471. The number of benzene rings is 1. The first-order valence-corrected chi connectivity index (χ1v) is 7.48. The van der Waals surface area contributed by atoms with Crippen molar-refractivity contribution in [3.05, 3.63) is 32.3 Å². The Labute approximate surface area is 131 Å². The third-order valence-electron chi connectivity index (χ3n) is 3.65. The predicted molar refractivity (Wildman–Crippen MR) is 83.6 cm³/mol. The fraction of sp³-hybridized carbons (Fsp3) is 0.462. The molecule has 2 N–H and O–H groups in total. The van der Waals surface area contributed by atoms with E-state index in [-0.39, 0.29) is 11.3 Å². The molecule has 0 bridgehead atoms. The van der Waals surface area contributed by atoms with Crippen LogP contribution in [-0.2, 0) is 0 Å². The van der Waals surface area contributed by atoms with Gasteiger partial charge in [0.2, 0.25) is 0 Å². The number of carbonyl (C=O) groups excluding carboxylic acids is 1. The molecule has 7 nitrogen and oxygen atoms in total. The Hall–Kier alpha value is -1.67. The Morgan fingerprint density at radius 3 is 2.48 bits per heavy atom. The molecular weight excluding hydrogens is 340 g/mol. The van der Waals surface area contributed by atoms with Gasteiger partial charge in [0.15, 0.2) is 0 Å². The highest BCUT2D eigenvalue weighted by Crippen LogP contribution is 2.35. The maximum absolute atomic E-state index is 11.7. The van der Waals surface area contributed by atoms with Gasteiger partial charge in [-0.25, -0.2) is 0 Å². The zero-order chi connectivity index (χ0) is 15.6.